The van der Waals surface area contributed by atoms with Crippen LogP contribution < -0.4 is 10.6 Å². The summed E-state index contributed by atoms with van der Waals surface area (Å²) >= 11 is 0. The normalized spacial score (nSPS) is 17.6. The van der Waals surface area contributed by atoms with E-state index in [1.165, 1.54) is 19.3 Å². The summed E-state index contributed by atoms with van der Waals surface area (Å²) in [7, 11) is 6.47. The predicted octanol–water partition coefficient (Wildman–Crippen LogP) is 1.46. The second-order valence-corrected chi connectivity index (χ2v) is 5.52. The van der Waals surface area contributed by atoms with Gasteiger partial charge in [-0.05, 0) is 39.4 Å². The van der Waals surface area contributed by atoms with Crippen molar-refractivity contribution in [1.29, 1.82) is 0 Å². The molecular formula is C14H24N4. The minimum absolute atomic E-state index is 0.318. The van der Waals surface area contributed by atoms with E-state index in [4.69, 9.17) is 5.73 Å². The van der Waals surface area contributed by atoms with E-state index >= 15 is 0 Å². The number of likely N-dealkylation sites (N-methyl/N-ethyl adjacent to an activating group) is 2. The lowest BCUT2D eigenvalue weighted by atomic mass is 9.75. The molecule has 2 rings (SSSR count). The summed E-state index contributed by atoms with van der Waals surface area (Å²) in [6.45, 7) is 1.56. The van der Waals surface area contributed by atoms with Crippen LogP contribution in [-0.4, -0.2) is 43.1 Å². The van der Waals surface area contributed by atoms with Crippen molar-refractivity contribution in [1.82, 2.24) is 9.88 Å². The van der Waals surface area contributed by atoms with E-state index in [0.29, 0.717) is 12.1 Å². The SMILES string of the molecule is CN(CC1(N(C)C)CCC1)c1ncccc1CN. The summed E-state index contributed by atoms with van der Waals surface area (Å²) in [5.41, 5.74) is 7.22. The molecule has 1 saturated carbocycles. The number of rotatable bonds is 5. The Morgan fingerprint density at radius 3 is 2.56 bits per heavy atom. The maximum atomic E-state index is 5.78. The van der Waals surface area contributed by atoms with Gasteiger partial charge >= 0.3 is 0 Å². The molecular weight excluding hydrogens is 224 g/mol. The first kappa shape index (κ1) is 13.3. The maximum absolute atomic E-state index is 5.78. The van der Waals surface area contributed by atoms with Gasteiger partial charge in [-0.25, -0.2) is 4.98 Å². The van der Waals surface area contributed by atoms with Gasteiger partial charge < -0.3 is 15.5 Å². The number of aromatic nitrogens is 1. The largest absolute Gasteiger partial charge is 0.358 e. The van der Waals surface area contributed by atoms with Gasteiger partial charge in [-0.2, -0.15) is 0 Å². The zero-order valence-corrected chi connectivity index (χ0v) is 11.7. The third kappa shape index (κ3) is 2.35. The van der Waals surface area contributed by atoms with Gasteiger partial charge in [0.15, 0.2) is 0 Å². The van der Waals surface area contributed by atoms with Crippen LogP contribution in [0.25, 0.3) is 0 Å². The van der Waals surface area contributed by atoms with Gasteiger partial charge in [-0.1, -0.05) is 6.07 Å². The minimum atomic E-state index is 0.318. The van der Waals surface area contributed by atoms with Gasteiger partial charge in [-0.15, -0.1) is 0 Å². The Labute approximate surface area is 110 Å². The Hall–Kier alpha value is -1.13. The molecule has 0 aromatic carbocycles. The highest BCUT2D eigenvalue weighted by Crippen LogP contribution is 2.37. The third-order valence-corrected chi connectivity index (χ3v) is 4.21. The highest BCUT2D eigenvalue weighted by Gasteiger charge is 2.40. The molecule has 1 aliphatic carbocycles. The quantitative estimate of drug-likeness (QED) is 0.857. The lowest BCUT2D eigenvalue weighted by Crippen LogP contribution is -2.57. The number of hydrogen-bond donors (Lipinski definition) is 1. The van der Waals surface area contributed by atoms with Gasteiger partial charge in [0.2, 0.25) is 0 Å². The number of nitrogens with zero attached hydrogens (tertiary/aromatic N) is 3. The topological polar surface area (TPSA) is 45.4 Å². The first-order valence-corrected chi connectivity index (χ1v) is 6.61. The van der Waals surface area contributed by atoms with Crippen LogP contribution in [0.15, 0.2) is 18.3 Å². The Morgan fingerprint density at radius 1 is 1.33 bits per heavy atom. The van der Waals surface area contributed by atoms with Crippen LogP contribution in [0.3, 0.4) is 0 Å². The van der Waals surface area contributed by atoms with Gasteiger partial charge in [0.05, 0.1) is 0 Å². The standard InChI is InChI=1S/C14H24N4/c1-17(2)14(7-5-8-14)11-18(3)13-12(10-15)6-4-9-16-13/h4,6,9H,5,7-8,10-11,15H2,1-3H3. The Balaban J connectivity index is 2.14. The zero-order valence-electron chi connectivity index (χ0n) is 11.7. The fourth-order valence-electron chi connectivity index (χ4n) is 2.78. The molecule has 1 aromatic heterocycles. The van der Waals surface area contributed by atoms with E-state index in [2.05, 4.69) is 42.0 Å². The lowest BCUT2D eigenvalue weighted by Gasteiger charge is -2.49. The molecule has 0 saturated heterocycles. The van der Waals surface area contributed by atoms with E-state index in [-0.39, 0.29) is 0 Å². The Bertz CT molecular complexity index is 399. The second kappa shape index (κ2) is 5.24. The van der Waals surface area contributed by atoms with Crippen LogP contribution in [-0.2, 0) is 6.54 Å². The first-order valence-electron chi connectivity index (χ1n) is 6.61. The summed E-state index contributed by atoms with van der Waals surface area (Å²) in [6, 6.07) is 4.01. The molecule has 4 heteroatoms. The molecule has 0 unspecified atom stereocenters. The van der Waals surface area contributed by atoms with Gasteiger partial charge in [0, 0.05) is 37.4 Å². The van der Waals surface area contributed by atoms with Crippen molar-refractivity contribution in [3.05, 3.63) is 23.9 Å². The molecule has 1 aromatic rings. The predicted molar refractivity (Wildman–Crippen MR) is 75.7 cm³/mol. The third-order valence-electron chi connectivity index (χ3n) is 4.21. The highest BCUT2D eigenvalue weighted by molar-refractivity contribution is 5.46. The molecule has 0 radical (unpaired) electrons. The number of nitrogens with two attached hydrogens (primary N) is 1. The van der Waals surface area contributed by atoms with E-state index in [9.17, 15) is 0 Å². The molecule has 0 amide bonds. The average Bonchev–Trinajstić information content (AvgIpc) is 2.33. The smallest absolute Gasteiger partial charge is 0.132 e. The van der Waals surface area contributed by atoms with Crippen molar-refractivity contribution in [2.24, 2.45) is 5.73 Å². The van der Waals surface area contributed by atoms with Crippen LogP contribution in [0, 0.1) is 0 Å². The number of anilines is 1. The molecule has 1 heterocycles. The monoisotopic (exact) mass is 248 g/mol. The Morgan fingerprint density at radius 2 is 2.06 bits per heavy atom. The van der Waals surface area contributed by atoms with Crippen LogP contribution >= 0.6 is 0 Å². The zero-order chi connectivity index (χ0) is 13.2. The van der Waals surface area contributed by atoms with Gasteiger partial charge in [-0.3, -0.25) is 0 Å². The molecule has 0 spiro atoms. The molecule has 1 aliphatic rings. The Kier molecular flexibility index (Phi) is 3.88. The van der Waals surface area contributed by atoms with Crippen molar-refractivity contribution >= 4 is 5.82 Å². The van der Waals surface area contributed by atoms with E-state index in [1.54, 1.807) is 0 Å². The maximum Gasteiger partial charge on any atom is 0.132 e. The van der Waals surface area contributed by atoms with Crippen LogP contribution in [0.4, 0.5) is 5.82 Å². The summed E-state index contributed by atoms with van der Waals surface area (Å²) < 4.78 is 0. The van der Waals surface area contributed by atoms with E-state index in [1.807, 2.05) is 12.3 Å². The summed E-state index contributed by atoms with van der Waals surface area (Å²) in [4.78, 5) is 9.09. The van der Waals surface area contributed by atoms with E-state index in [0.717, 1.165) is 17.9 Å². The van der Waals surface area contributed by atoms with Crippen molar-refractivity contribution in [3.63, 3.8) is 0 Å². The molecule has 18 heavy (non-hydrogen) atoms. The first-order chi connectivity index (χ1) is 8.59. The van der Waals surface area contributed by atoms with Crippen LogP contribution in [0.2, 0.25) is 0 Å². The fourth-order valence-corrected chi connectivity index (χ4v) is 2.78. The molecule has 1 fully saturated rings. The average molecular weight is 248 g/mol. The van der Waals surface area contributed by atoms with Crippen LogP contribution in [0.5, 0.6) is 0 Å². The van der Waals surface area contributed by atoms with Crippen molar-refractivity contribution in [2.45, 2.75) is 31.3 Å². The van der Waals surface area contributed by atoms with Crippen LogP contribution in [0.1, 0.15) is 24.8 Å². The van der Waals surface area contributed by atoms with Crippen molar-refractivity contribution in [2.75, 3.05) is 32.6 Å². The molecule has 2 N–H and O–H groups in total. The summed E-state index contributed by atoms with van der Waals surface area (Å²) in [6.07, 6.45) is 5.72. The second-order valence-electron chi connectivity index (χ2n) is 5.52. The fraction of sp³-hybridized carbons (Fsp3) is 0.643. The minimum Gasteiger partial charge on any atom is -0.358 e. The van der Waals surface area contributed by atoms with Crippen molar-refractivity contribution < 1.29 is 0 Å². The molecule has 100 valence electrons. The lowest BCUT2D eigenvalue weighted by molar-refractivity contribution is 0.0681. The van der Waals surface area contributed by atoms with E-state index < -0.39 is 0 Å². The molecule has 4 nitrogen and oxygen atoms in total. The highest BCUT2D eigenvalue weighted by atomic mass is 15.2. The molecule has 0 aliphatic heterocycles. The van der Waals surface area contributed by atoms with Gasteiger partial charge in [0.25, 0.3) is 0 Å². The molecule has 0 bridgehead atoms. The van der Waals surface area contributed by atoms with Crippen molar-refractivity contribution in [3.8, 4) is 0 Å². The number of pyridine rings is 1. The summed E-state index contributed by atoms with van der Waals surface area (Å²) in [5.74, 6) is 1.02. The number of hydrogen-bond acceptors (Lipinski definition) is 4. The summed E-state index contributed by atoms with van der Waals surface area (Å²) in [5, 5.41) is 0. The molecule has 0 atom stereocenters. The van der Waals surface area contributed by atoms with Gasteiger partial charge in [0.1, 0.15) is 5.82 Å².